The Labute approximate surface area is 94.6 Å². The second-order valence-electron chi connectivity index (χ2n) is 4.53. The molecule has 0 amide bonds. The summed E-state index contributed by atoms with van der Waals surface area (Å²) in [6, 6.07) is 0. The normalized spacial score (nSPS) is 35.9. The third kappa shape index (κ3) is 1.10. The van der Waals surface area contributed by atoms with E-state index < -0.39 is 10.8 Å². The average Bonchev–Trinajstić information content (AvgIpc) is 2.29. The highest BCUT2D eigenvalue weighted by Crippen LogP contribution is 2.64. The highest BCUT2D eigenvalue weighted by atomic mass is 16.5. The van der Waals surface area contributed by atoms with Crippen LogP contribution in [0.4, 0.5) is 0 Å². The summed E-state index contributed by atoms with van der Waals surface area (Å²) in [5.41, 5.74) is -1.35. The molecule has 2 unspecified atom stereocenters. The van der Waals surface area contributed by atoms with Gasteiger partial charge in [-0.3, -0.25) is 9.59 Å². The highest BCUT2D eigenvalue weighted by Gasteiger charge is 2.68. The molecule has 0 aromatic rings. The van der Waals surface area contributed by atoms with Gasteiger partial charge in [-0.05, 0) is 25.7 Å². The number of methoxy groups -OCH3 is 2. The number of fused-ring (bicyclic) bond motifs is 1. The second-order valence-corrected chi connectivity index (χ2v) is 4.53. The molecule has 0 bridgehead atoms. The Morgan fingerprint density at radius 2 is 1.31 bits per heavy atom. The number of hydrogen-bond acceptors (Lipinski definition) is 4. The zero-order valence-corrected chi connectivity index (χ0v) is 9.62. The van der Waals surface area contributed by atoms with Gasteiger partial charge in [0.2, 0.25) is 0 Å². The molecule has 16 heavy (non-hydrogen) atoms. The minimum absolute atomic E-state index is 0.284. The van der Waals surface area contributed by atoms with E-state index in [9.17, 15) is 9.59 Å². The molecule has 0 N–H and O–H groups in total. The lowest BCUT2D eigenvalue weighted by molar-refractivity contribution is -0.197. The van der Waals surface area contributed by atoms with Crippen LogP contribution in [0.2, 0.25) is 0 Å². The van der Waals surface area contributed by atoms with Crippen molar-refractivity contribution in [2.75, 3.05) is 14.2 Å². The lowest BCUT2D eigenvalue weighted by Crippen LogP contribution is -2.61. The lowest BCUT2D eigenvalue weighted by atomic mass is 9.45. The predicted octanol–water partition coefficient (Wildman–Crippen LogP) is 1.45. The maximum atomic E-state index is 11.9. The summed E-state index contributed by atoms with van der Waals surface area (Å²) >= 11 is 0. The van der Waals surface area contributed by atoms with E-state index in [1.54, 1.807) is 0 Å². The number of carbonyl (C=O) groups excluding carboxylic acids is 2. The Bertz CT molecular complexity index is 326. The van der Waals surface area contributed by atoms with Crippen LogP contribution in [0.5, 0.6) is 0 Å². The van der Waals surface area contributed by atoms with Gasteiger partial charge in [-0.2, -0.15) is 0 Å². The fourth-order valence-corrected chi connectivity index (χ4v) is 3.04. The van der Waals surface area contributed by atoms with Crippen LogP contribution in [-0.4, -0.2) is 26.2 Å². The molecule has 0 aromatic carbocycles. The van der Waals surface area contributed by atoms with Crippen LogP contribution < -0.4 is 0 Å². The molecule has 2 atom stereocenters. The van der Waals surface area contributed by atoms with E-state index in [2.05, 4.69) is 0 Å². The highest BCUT2D eigenvalue weighted by molar-refractivity contribution is 5.91. The van der Waals surface area contributed by atoms with Gasteiger partial charge in [-0.25, -0.2) is 0 Å². The molecule has 0 spiro atoms. The van der Waals surface area contributed by atoms with Crippen LogP contribution >= 0.6 is 0 Å². The van der Waals surface area contributed by atoms with Gasteiger partial charge in [-0.15, -0.1) is 0 Å². The van der Waals surface area contributed by atoms with Crippen LogP contribution in [0, 0.1) is 10.8 Å². The minimum atomic E-state index is -0.677. The summed E-state index contributed by atoms with van der Waals surface area (Å²) in [6.07, 6.45) is 6.48. The number of allylic oxidation sites excluding steroid dienone is 2. The number of carbonyl (C=O) groups is 2. The van der Waals surface area contributed by atoms with E-state index in [4.69, 9.17) is 9.47 Å². The van der Waals surface area contributed by atoms with Crippen LogP contribution in [0.15, 0.2) is 12.2 Å². The van der Waals surface area contributed by atoms with Gasteiger partial charge in [0.1, 0.15) is 0 Å². The Morgan fingerprint density at radius 1 is 0.938 bits per heavy atom. The molecule has 2 aliphatic carbocycles. The van der Waals surface area contributed by atoms with E-state index in [0.717, 1.165) is 0 Å². The number of hydrogen-bond donors (Lipinski definition) is 0. The third-order valence-corrected chi connectivity index (χ3v) is 4.15. The van der Waals surface area contributed by atoms with Crippen LogP contribution in [0.1, 0.15) is 25.7 Å². The molecule has 0 aliphatic heterocycles. The lowest BCUT2D eigenvalue weighted by Gasteiger charge is -2.56. The molecule has 88 valence electrons. The fraction of sp³-hybridized carbons (Fsp3) is 0.667. The van der Waals surface area contributed by atoms with Crippen molar-refractivity contribution in [3.8, 4) is 0 Å². The van der Waals surface area contributed by atoms with E-state index in [0.29, 0.717) is 25.7 Å². The molecular weight excluding hydrogens is 208 g/mol. The largest absolute Gasteiger partial charge is 0.469 e. The molecule has 2 rings (SSSR count). The predicted molar refractivity (Wildman–Crippen MR) is 56.5 cm³/mol. The Balaban J connectivity index is 2.40. The van der Waals surface area contributed by atoms with Gasteiger partial charge >= 0.3 is 11.9 Å². The molecule has 0 radical (unpaired) electrons. The average molecular weight is 224 g/mol. The molecule has 4 heteroatoms. The zero-order valence-electron chi connectivity index (χ0n) is 9.62. The summed E-state index contributed by atoms with van der Waals surface area (Å²) in [7, 11) is 2.74. The summed E-state index contributed by atoms with van der Waals surface area (Å²) in [4.78, 5) is 23.8. The van der Waals surface area contributed by atoms with Crippen molar-refractivity contribution in [2.45, 2.75) is 25.7 Å². The summed E-state index contributed by atoms with van der Waals surface area (Å²) < 4.78 is 9.71. The maximum absolute atomic E-state index is 11.9. The van der Waals surface area contributed by atoms with Gasteiger partial charge in [0, 0.05) is 0 Å². The minimum Gasteiger partial charge on any atom is -0.469 e. The topological polar surface area (TPSA) is 52.6 Å². The quantitative estimate of drug-likeness (QED) is 0.526. The van der Waals surface area contributed by atoms with E-state index in [-0.39, 0.29) is 11.9 Å². The van der Waals surface area contributed by atoms with Crippen molar-refractivity contribution in [3.05, 3.63) is 12.2 Å². The van der Waals surface area contributed by atoms with E-state index >= 15 is 0 Å². The summed E-state index contributed by atoms with van der Waals surface area (Å²) in [5, 5.41) is 0. The standard InChI is InChI=1S/C12H16O4/c1-15-9(13)11-5-3-4-6-12(11,8-7-11)10(14)16-2/h3-4H,5-8H2,1-2H3. The molecule has 0 aromatic heterocycles. The van der Waals surface area contributed by atoms with E-state index in [1.165, 1.54) is 14.2 Å². The summed E-state index contributed by atoms with van der Waals surface area (Å²) in [6.45, 7) is 0. The first kappa shape index (κ1) is 11.2. The van der Waals surface area contributed by atoms with Gasteiger partial charge in [-0.1, -0.05) is 12.2 Å². The smallest absolute Gasteiger partial charge is 0.313 e. The SMILES string of the molecule is COC(=O)C12CC=CCC1(C(=O)OC)CC2. The third-order valence-electron chi connectivity index (χ3n) is 4.15. The number of esters is 2. The van der Waals surface area contributed by atoms with E-state index in [1.807, 2.05) is 12.2 Å². The van der Waals surface area contributed by atoms with Crippen molar-refractivity contribution in [1.82, 2.24) is 0 Å². The molecule has 2 aliphatic rings. The first-order chi connectivity index (χ1) is 7.63. The van der Waals surface area contributed by atoms with Gasteiger partial charge in [0.15, 0.2) is 0 Å². The monoisotopic (exact) mass is 224 g/mol. The fourth-order valence-electron chi connectivity index (χ4n) is 3.04. The van der Waals surface area contributed by atoms with Crippen molar-refractivity contribution >= 4 is 11.9 Å². The maximum Gasteiger partial charge on any atom is 0.313 e. The first-order valence-electron chi connectivity index (χ1n) is 5.45. The number of ether oxygens (including phenoxy) is 2. The Morgan fingerprint density at radius 3 is 1.56 bits per heavy atom. The van der Waals surface area contributed by atoms with Crippen LogP contribution in [0.25, 0.3) is 0 Å². The van der Waals surface area contributed by atoms with Gasteiger partial charge in [0.05, 0.1) is 25.0 Å². The van der Waals surface area contributed by atoms with Crippen molar-refractivity contribution in [1.29, 1.82) is 0 Å². The Kier molecular flexibility index (Phi) is 2.52. The molecule has 0 heterocycles. The Hall–Kier alpha value is -1.32. The second kappa shape index (κ2) is 3.61. The molecule has 1 saturated carbocycles. The van der Waals surface area contributed by atoms with Crippen molar-refractivity contribution < 1.29 is 19.1 Å². The number of rotatable bonds is 2. The molecule has 4 nitrogen and oxygen atoms in total. The molecular formula is C12H16O4. The van der Waals surface area contributed by atoms with Crippen LogP contribution in [0.3, 0.4) is 0 Å². The van der Waals surface area contributed by atoms with Crippen molar-refractivity contribution in [3.63, 3.8) is 0 Å². The molecule has 0 saturated heterocycles. The zero-order chi connectivity index (χ0) is 11.8. The van der Waals surface area contributed by atoms with Crippen LogP contribution in [-0.2, 0) is 19.1 Å². The molecule has 1 fully saturated rings. The van der Waals surface area contributed by atoms with Gasteiger partial charge in [0.25, 0.3) is 0 Å². The first-order valence-corrected chi connectivity index (χ1v) is 5.45. The van der Waals surface area contributed by atoms with Crippen molar-refractivity contribution in [2.24, 2.45) is 10.8 Å². The summed E-state index contributed by atoms with van der Waals surface area (Å²) in [5.74, 6) is -0.568. The van der Waals surface area contributed by atoms with Gasteiger partial charge < -0.3 is 9.47 Å².